The molecule has 1 aromatic carbocycles. The Labute approximate surface area is 139 Å². The van der Waals surface area contributed by atoms with Crippen LogP contribution in [0, 0.1) is 6.92 Å². The number of carbonyl (C=O) groups is 1. The Morgan fingerprint density at radius 1 is 1.39 bits per heavy atom. The fourth-order valence-corrected chi connectivity index (χ4v) is 2.65. The number of methoxy groups -OCH3 is 1. The van der Waals surface area contributed by atoms with E-state index in [9.17, 15) is 4.79 Å². The zero-order valence-corrected chi connectivity index (χ0v) is 14.8. The van der Waals surface area contributed by atoms with Crippen LogP contribution in [-0.4, -0.2) is 44.5 Å². The number of carbonyl (C=O) groups excluding carboxylic acids is 1. The Kier molecular flexibility index (Phi) is 5.25. The fraction of sp³-hybridized carbons (Fsp3) is 0.467. The first-order valence-corrected chi connectivity index (χ1v) is 8.16. The van der Waals surface area contributed by atoms with Crippen molar-refractivity contribution in [2.24, 2.45) is 0 Å². The van der Waals surface area contributed by atoms with Crippen LogP contribution in [0.5, 0.6) is 5.75 Å². The first kappa shape index (κ1) is 17.3. The van der Waals surface area contributed by atoms with Gasteiger partial charge < -0.3 is 10.1 Å². The van der Waals surface area contributed by atoms with Crippen molar-refractivity contribution in [2.75, 3.05) is 12.9 Å². The average molecular weight is 335 g/mol. The number of tetrazole rings is 1. The van der Waals surface area contributed by atoms with Crippen LogP contribution in [0.15, 0.2) is 23.4 Å². The summed E-state index contributed by atoms with van der Waals surface area (Å²) in [5.41, 5.74) is 1.55. The summed E-state index contributed by atoms with van der Waals surface area (Å²) in [5, 5.41) is 15.2. The number of amides is 1. The van der Waals surface area contributed by atoms with Gasteiger partial charge in [0.05, 0.1) is 12.9 Å². The highest BCUT2D eigenvalue weighted by molar-refractivity contribution is 7.99. The summed E-state index contributed by atoms with van der Waals surface area (Å²) in [6, 6.07) is 5.76. The molecule has 0 unspecified atom stereocenters. The van der Waals surface area contributed by atoms with E-state index < -0.39 is 0 Å². The summed E-state index contributed by atoms with van der Waals surface area (Å²) in [6.07, 6.45) is 0. The zero-order valence-electron chi connectivity index (χ0n) is 14.0. The molecule has 0 aliphatic heterocycles. The van der Waals surface area contributed by atoms with Crippen LogP contribution in [0.1, 0.15) is 26.3 Å². The van der Waals surface area contributed by atoms with Gasteiger partial charge in [-0.25, -0.2) is 0 Å². The lowest BCUT2D eigenvalue weighted by atomic mass is 10.1. The van der Waals surface area contributed by atoms with E-state index in [4.69, 9.17) is 4.74 Å². The minimum Gasteiger partial charge on any atom is -0.494 e. The zero-order chi connectivity index (χ0) is 17.0. The van der Waals surface area contributed by atoms with E-state index in [0.29, 0.717) is 10.9 Å². The van der Waals surface area contributed by atoms with Crippen LogP contribution in [0.4, 0.5) is 0 Å². The Balaban J connectivity index is 2.17. The van der Waals surface area contributed by atoms with Gasteiger partial charge in [-0.3, -0.25) is 4.79 Å². The number of nitrogens with zero attached hydrogens (tertiary/aromatic N) is 4. The third-order valence-corrected chi connectivity index (χ3v) is 3.77. The fourth-order valence-electron chi connectivity index (χ4n) is 1.97. The summed E-state index contributed by atoms with van der Waals surface area (Å²) in [5.74, 6) is 0.850. The van der Waals surface area contributed by atoms with Crippen LogP contribution in [0.3, 0.4) is 0 Å². The number of aryl methyl sites for hydroxylation is 1. The minimum absolute atomic E-state index is 0.0618. The molecule has 1 amide bonds. The first-order chi connectivity index (χ1) is 10.8. The van der Waals surface area contributed by atoms with Crippen molar-refractivity contribution in [1.82, 2.24) is 25.5 Å². The first-order valence-electron chi connectivity index (χ1n) is 7.17. The van der Waals surface area contributed by atoms with E-state index in [1.54, 1.807) is 11.8 Å². The van der Waals surface area contributed by atoms with E-state index in [-0.39, 0.29) is 17.2 Å². The van der Waals surface area contributed by atoms with Crippen molar-refractivity contribution >= 4 is 17.7 Å². The standard InChI is InChI=1S/C15H21N5O2S/c1-10-6-7-12(22-5)11(8-10)20-14(17-18-19-20)23-9-13(21)16-15(2,3)4/h6-8H,9H2,1-5H3,(H,16,21). The molecule has 2 aromatic rings. The third-order valence-electron chi connectivity index (χ3n) is 2.85. The molecule has 1 N–H and O–H groups in total. The largest absolute Gasteiger partial charge is 0.494 e. The summed E-state index contributed by atoms with van der Waals surface area (Å²) < 4.78 is 6.95. The number of nitrogens with one attached hydrogen (secondary N) is 1. The smallest absolute Gasteiger partial charge is 0.230 e. The molecule has 0 saturated carbocycles. The maximum absolute atomic E-state index is 11.9. The van der Waals surface area contributed by atoms with Crippen LogP contribution in [0.2, 0.25) is 0 Å². The summed E-state index contributed by atoms with van der Waals surface area (Å²) in [4.78, 5) is 11.9. The van der Waals surface area contributed by atoms with Gasteiger partial charge >= 0.3 is 0 Å². The van der Waals surface area contributed by atoms with Crippen LogP contribution >= 0.6 is 11.8 Å². The Morgan fingerprint density at radius 3 is 2.78 bits per heavy atom. The van der Waals surface area contributed by atoms with Gasteiger partial charge in [0.25, 0.3) is 0 Å². The number of rotatable bonds is 5. The molecule has 0 spiro atoms. The molecule has 0 radical (unpaired) electrons. The molecule has 23 heavy (non-hydrogen) atoms. The molecular formula is C15H21N5O2S. The van der Waals surface area contributed by atoms with Gasteiger partial charge in [-0.15, -0.1) is 5.10 Å². The van der Waals surface area contributed by atoms with Crippen molar-refractivity contribution < 1.29 is 9.53 Å². The van der Waals surface area contributed by atoms with E-state index in [1.165, 1.54) is 11.8 Å². The van der Waals surface area contributed by atoms with Crippen LogP contribution < -0.4 is 10.1 Å². The van der Waals surface area contributed by atoms with Gasteiger partial charge in [0.15, 0.2) is 0 Å². The van der Waals surface area contributed by atoms with E-state index in [1.807, 2.05) is 45.9 Å². The second kappa shape index (κ2) is 6.99. The lowest BCUT2D eigenvalue weighted by molar-refractivity contribution is -0.119. The Hall–Kier alpha value is -2.09. The highest BCUT2D eigenvalue weighted by atomic mass is 32.2. The van der Waals surface area contributed by atoms with Crippen molar-refractivity contribution in [3.63, 3.8) is 0 Å². The molecule has 0 atom stereocenters. The molecule has 0 saturated heterocycles. The normalized spacial score (nSPS) is 11.3. The summed E-state index contributed by atoms with van der Waals surface area (Å²) >= 11 is 1.28. The van der Waals surface area contributed by atoms with Gasteiger partial charge in [-0.05, 0) is 55.8 Å². The molecule has 0 aliphatic rings. The molecule has 124 valence electrons. The number of hydrogen-bond acceptors (Lipinski definition) is 6. The predicted octanol–water partition coefficient (Wildman–Crippen LogP) is 1.99. The van der Waals surface area contributed by atoms with Gasteiger partial charge in [-0.1, -0.05) is 17.8 Å². The molecule has 0 bridgehead atoms. The van der Waals surface area contributed by atoms with Crippen LogP contribution in [0.25, 0.3) is 5.69 Å². The van der Waals surface area contributed by atoms with Gasteiger partial charge in [0.1, 0.15) is 11.4 Å². The van der Waals surface area contributed by atoms with Gasteiger partial charge in [0.2, 0.25) is 11.1 Å². The van der Waals surface area contributed by atoms with E-state index in [0.717, 1.165) is 11.3 Å². The molecule has 2 rings (SSSR count). The van der Waals surface area contributed by atoms with E-state index in [2.05, 4.69) is 20.8 Å². The average Bonchev–Trinajstić information content (AvgIpc) is 2.91. The highest BCUT2D eigenvalue weighted by Crippen LogP contribution is 2.26. The number of benzene rings is 1. The summed E-state index contributed by atoms with van der Waals surface area (Å²) in [7, 11) is 1.60. The summed E-state index contributed by atoms with van der Waals surface area (Å²) in [6.45, 7) is 7.81. The highest BCUT2D eigenvalue weighted by Gasteiger charge is 2.17. The molecule has 1 aromatic heterocycles. The second-order valence-corrected chi connectivity index (χ2v) is 7.08. The number of ether oxygens (including phenoxy) is 1. The maximum atomic E-state index is 11.9. The van der Waals surface area contributed by atoms with Gasteiger partial charge in [-0.2, -0.15) is 4.68 Å². The molecule has 0 aliphatic carbocycles. The third kappa shape index (κ3) is 4.69. The second-order valence-electron chi connectivity index (χ2n) is 6.14. The molecule has 8 heteroatoms. The van der Waals surface area contributed by atoms with Crippen molar-refractivity contribution in [3.05, 3.63) is 23.8 Å². The van der Waals surface area contributed by atoms with Gasteiger partial charge in [0, 0.05) is 5.54 Å². The van der Waals surface area contributed by atoms with Crippen molar-refractivity contribution in [3.8, 4) is 11.4 Å². The maximum Gasteiger partial charge on any atom is 0.230 e. The Morgan fingerprint density at radius 2 is 2.13 bits per heavy atom. The Bertz CT molecular complexity index is 693. The molecule has 0 fully saturated rings. The van der Waals surface area contributed by atoms with Crippen LogP contribution in [-0.2, 0) is 4.79 Å². The quantitative estimate of drug-likeness (QED) is 0.842. The van der Waals surface area contributed by atoms with E-state index >= 15 is 0 Å². The molecular weight excluding hydrogens is 314 g/mol. The predicted molar refractivity (Wildman–Crippen MR) is 89.1 cm³/mol. The lowest BCUT2D eigenvalue weighted by Gasteiger charge is -2.20. The number of hydrogen-bond donors (Lipinski definition) is 1. The number of aromatic nitrogens is 4. The van der Waals surface area contributed by atoms with Crippen molar-refractivity contribution in [2.45, 2.75) is 38.4 Å². The monoisotopic (exact) mass is 335 g/mol. The number of thioether (sulfide) groups is 1. The SMILES string of the molecule is COc1ccc(C)cc1-n1nnnc1SCC(=O)NC(C)(C)C. The molecule has 1 heterocycles. The van der Waals surface area contributed by atoms with Crippen molar-refractivity contribution in [1.29, 1.82) is 0 Å². The minimum atomic E-state index is -0.261. The molecule has 7 nitrogen and oxygen atoms in total. The topological polar surface area (TPSA) is 81.9 Å². The lowest BCUT2D eigenvalue weighted by Crippen LogP contribution is -2.41.